The van der Waals surface area contributed by atoms with Gasteiger partial charge in [0.1, 0.15) is 0 Å². The second-order valence-corrected chi connectivity index (χ2v) is 6.22. The van der Waals surface area contributed by atoms with Crippen LogP contribution in [-0.4, -0.2) is 18.0 Å². The van der Waals surface area contributed by atoms with Crippen molar-refractivity contribution in [2.45, 2.75) is 58.4 Å². The van der Waals surface area contributed by atoms with Crippen LogP contribution in [0.25, 0.3) is 0 Å². The summed E-state index contributed by atoms with van der Waals surface area (Å²) in [4.78, 5) is 4.30. The second-order valence-electron chi connectivity index (χ2n) is 6.22. The number of guanidine groups is 1. The molecular formula is C13H25N3. The van der Waals surface area contributed by atoms with E-state index < -0.39 is 0 Å². The Hall–Kier alpha value is -0.730. The molecule has 1 fully saturated rings. The molecule has 92 valence electrons. The standard InChI is InChI=1S/C13H25N3/c1-4-12(2,3)10-5-7-13(8-6-10)9-15-11(14)16-13/h10H,4-9H2,1-3H3,(H3,14,15,16). The molecule has 0 saturated heterocycles. The molecule has 3 nitrogen and oxygen atoms in total. The molecule has 1 saturated carbocycles. The minimum absolute atomic E-state index is 0.213. The number of nitrogens with one attached hydrogen (secondary N) is 1. The molecule has 1 heterocycles. The van der Waals surface area contributed by atoms with E-state index in [1.54, 1.807) is 0 Å². The van der Waals surface area contributed by atoms with Crippen LogP contribution in [0.1, 0.15) is 52.9 Å². The lowest BCUT2D eigenvalue weighted by Crippen LogP contribution is -2.51. The van der Waals surface area contributed by atoms with Gasteiger partial charge in [-0.05, 0) is 37.0 Å². The zero-order chi connectivity index (χ0) is 11.8. The van der Waals surface area contributed by atoms with Crippen molar-refractivity contribution in [3.63, 3.8) is 0 Å². The Kier molecular flexibility index (Phi) is 2.89. The van der Waals surface area contributed by atoms with E-state index in [2.05, 4.69) is 31.1 Å². The molecule has 0 atom stereocenters. The van der Waals surface area contributed by atoms with Gasteiger partial charge in [0.05, 0.1) is 12.1 Å². The number of hydrogen-bond donors (Lipinski definition) is 2. The highest BCUT2D eigenvalue weighted by atomic mass is 15.2. The summed E-state index contributed by atoms with van der Waals surface area (Å²) in [6.07, 6.45) is 6.36. The lowest BCUT2D eigenvalue weighted by molar-refractivity contribution is 0.114. The van der Waals surface area contributed by atoms with Crippen LogP contribution >= 0.6 is 0 Å². The predicted octanol–water partition coefficient (Wildman–Crippen LogP) is 2.27. The van der Waals surface area contributed by atoms with Crippen LogP contribution in [0, 0.1) is 11.3 Å². The molecule has 3 heteroatoms. The van der Waals surface area contributed by atoms with Gasteiger partial charge in [-0.15, -0.1) is 0 Å². The SMILES string of the molecule is CCC(C)(C)C1CCC2(CC1)CN=C(N)N2. The van der Waals surface area contributed by atoms with Gasteiger partial charge in [-0.3, -0.25) is 4.99 Å². The molecule has 2 rings (SSSR count). The third-order valence-corrected chi connectivity index (χ3v) is 4.90. The zero-order valence-electron chi connectivity index (χ0n) is 10.8. The Morgan fingerprint density at radius 1 is 1.44 bits per heavy atom. The summed E-state index contributed by atoms with van der Waals surface area (Å²) in [5, 5.41) is 3.39. The summed E-state index contributed by atoms with van der Waals surface area (Å²) in [6, 6.07) is 0. The average Bonchev–Trinajstić information content (AvgIpc) is 2.61. The largest absolute Gasteiger partial charge is 0.370 e. The molecule has 0 unspecified atom stereocenters. The van der Waals surface area contributed by atoms with Crippen molar-refractivity contribution in [1.29, 1.82) is 0 Å². The van der Waals surface area contributed by atoms with Crippen molar-refractivity contribution in [3.8, 4) is 0 Å². The molecule has 0 amide bonds. The van der Waals surface area contributed by atoms with Gasteiger partial charge in [0.25, 0.3) is 0 Å². The van der Waals surface area contributed by atoms with Crippen LogP contribution in [0.15, 0.2) is 4.99 Å². The fourth-order valence-electron chi connectivity index (χ4n) is 3.11. The van der Waals surface area contributed by atoms with Crippen LogP contribution in [0.2, 0.25) is 0 Å². The van der Waals surface area contributed by atoms with Crippen LogP contribution < -0.4 is 11.1 Å². The Balaban J connectivity index is 1.93. The van der Waals surface area contributed by atoms with Crippen molar-refractivity contribution < 1.29 is 0 Å². The second kappa shape index (κ2) is 3.94. The van der Waals surface area contributed by atoms with Crippen molar-refractivity contribution in [2.24, 2.45) is 22.1 Å². The summed E-state index contributed by atoms with van der Waals surface area (Å²) >= 11 is 0. The summed E-state index contributed by atoms with van der Waals surface area (Å²) in [5.41, 5.74) is 6.43. The molecule has 0 aromatic carbocycles. The lowest BCUT2D eigenvalue weighted by Gasteiger charge is -2.43. The maximum atomic E-state index is 5.73. The fourth-order valence-corrected chi connectivity index (χ4v) is 3.11. The summed E-state index contributed by atoms with van der Waals surface area (Å²) < 4.78 is 0. The van der Waals surface area contributed by atoms with E-state index in [0.717, 1.165) is 12.5 Å². The first-order valence-electron chi connectivity index (χ1n) is 6.56. The third kappa shape index (κ3) is 2.04. The van der Waals surface area contributed by atoms with Gasteiger partial charge < -0.3 is 11.1 Å². The number of hydrogen-bond acceptors (Lipinski definition) is 3. The molecule has 1 spiro atoms. The Morgan fingerprint density at radius 2 is 2.06 bits per heavy atom. The number of nitrogens with zero attached hydrogens (tertiary/aromatic N) is 1. The van der Waals surface area contributed by atoms with Crippen LogP contribution in [0.4, 0.5) is 0 Å². The average molecular weight is 223 g/mol. The Bertz CT molecular complexity index is 286. The number of rotatable bonds is 2. The highest BCUT2D eigenvalue weighted by Gasteiger charge is 2.41. The van der Waals surface area contributed by atoms with Gasteiger partial charge in [0, 0.05) is 0 Å². The zero-order valence-corrected chi connectivity index (χ0v) is 10.8. The lowest BCUT2D eigenvalue weighted by atomic mass is 9.65. The van der Waals surface area contributed by atoms with Crippen LogP contribution in [0.3, 0.4) is 0 Å². The molecule has 0 bridgehead atoms. The molecule has 0 radical (unpaired) electrons. The molecule has 0 aromatic heterocycles. The minimum atomic E-state index is 0.213. The van der Waals surface area contributed by atoms with E-state index >= 15 is 0 Å². The smallest absolute Gasteiger partial charge is 0.189 e. The van der Waals surface area contributed by atoms with Gasteiger partial charge >= 0.3 is 0 Å². The van der Waals surface area contributed by atoms with E-state index in [9.17, 15) is 0 Å². The number of aliphatic imine (C=N–C) groups is 1. The summed E-state index contributed by atoms with van der Waals surface area (Å²) in [5.74, 6) is 1.51. The van der Waals surface area contributed by atoms with E-state index in [0.29, 0.717) is 11.4 Å². The Labute approximate surface area is 98.9 Å². The van der Waals surface area contributed by atoms with E-state index in [1.165, 1.54) is 32.1 Å². The van der Waals surface area contributed by atoms with E-state index in [-0.39, 0.29) is 5.54 Å². The normalized spacial score (nSPS) is 34.9. The van der Waals surface area contributed by atoms with Gasteiger partial charge in [0.15, 0.2) is 5.96 Å². The molecule has 1 aliphatic heterocycles. The maximum Gasteiger partial charge on any atom is 0.189 e. The number of nitrogens with two attached hydrogens (primary N) is 1. The fraction of sp³-hybridized carbons (Fsp3) is 0.923. The van der Waals surface area contributed by atoms with Crippen LogP contribution in [-0.2, 0) is 0 Å². The maximum absolute atomic E-state index is 5.73. The van der Waals surface area contributed by atoms with Crippen LogP contribution in [0.5, 0.6) is 0 Å². The summed E-state index contributed by atoms with van der Waals surface area (Å²) in [7, 11) is 0. The molecule has 2 aliphatic rings. The first-order valence-corrected chi connectivity index (χ1v) is 6.56. The topological polar surface area (TPSA) is 50.4 Å². The molecule has 16 heavy (non-hydrogen) atoms. The Morgan fingerprint density at radius 3 is 2.50 bits per heavy atom. The van der Waals surface area contributed by atoms with Gasteiger partial charge in [-0.1, -0.05) is 27.2 Å². The van der Waals surface area contributed by atoms with Crippen molar-refractivity contribution in [1.82, 2.24) is 5.32 Å². The van der Waals surface area contributed by atoms with Gasteiger partial charge in [0.2, 0.25) is 0 Å². The van der Waals surface area contributed by atoms with E-state index in [1.807, 2.05) is 0 Å². The summed E-state index contributed by atoms with van der Waals surface area (Å²) in [6.45, 7) is 8.00. The first kappa shape index (κ1) is 11.7. The highest BCUT2D eigenvalue weighted by Crippen LogP contribution is 2.43. The predicted molar refractivity (Wildman–Crippen MR) is 68.4 cm³/mol. The monoisotopic (exact) mass is 223 g/mol. The third-order valence-electron chi connectivity index (χ3n) is 4.90. The highest BCUT2D eigenvalue weighted by molar-refractivity contribution is 5.80. The molecular weight excluding hydrogens is 198 g/mol. The van der Waals surface area contributed by atoms with Gasteiger partial charge in [-0.25, -0.2) is 0 Å². The van der Waals surface area contributed by atoms with Crippen molar-refractivity contribution >= 4 is 5.96 Å². The van der Waals surface area contributed by atoms with Crippen molar-refractivity contribution in [3.05, 3.63) is 0 Å². The molecule has 1 aliphatic carbocycles. The van der Waals surface area contributed by atoms with Gasteiger partial charge in [-0.2, -0.15) is 0 Å². The first-order chi connectivity index (χ1) is 7.47. The van der Waals surface area contributed by atoms with Crippen molar-refractivity contribution in [2.75, 3.05) is 6.54 Å². The molecule has 0 aromatic rings. The quantitative estimate of drug-likeness (QED) is 0.754. The van der Waals surface area contributed by atoms with E-state index in [4.69, 9.17) is 5.73 Å². The minimum Gasteiger partial charge on any atom is -0.370 e. The molecule has 3 N–H and O–H groups in total.